The maximum absolute atomic E-state index is 12.8. The van der Waals surface area contributed by atoms with Crippen molar-refractivity contribution in [3.05, 3.63) is 72.7 Å². The largest absolute Gasteiger partial charge is 0.349 e. The van der Waals surface area contributed by atoms with Crippen LogP contribution in [0.5, 0.6) is 0 Å². The summed E-state index contributed by atoms with van der Waals surface area (Å²) in [5.41, 5.74) is 2.93. The van der Waals surface area contributed by atoms with E-state index in [0.29, 0.717) is 23.7 Å². The summed E-state index contributed by atoms with van der Waals surface area (Å²) in [7, 11) is 0. The molecule has 0 aliphatic heterocycles. The lowest BCUT2D eigenvalue weighted by atomic mass is 9.91. The quantitative estimate of drug-likeness (QED) is 0.555. The molecule has 0 aromatic carbocycles. The van der Waals surface area contributed by atoms with Crippen LogP contribution in [0.1, 0.15) is 47.8 Å². The van der Waals surface area contributed by atoms with Gasteiger partial charge in [0.1, 0.15) is 5.52 Å². The van der Waals surface area contributed by atoms with E-state index in [1.165, 1.54) is 0 Å². The van der Waals surface area contributed by atoms with E-state index in [4.69, 9.17) is 0 Å². The molecule has 0 saturated heterocycles. The van der Waals surface area contributed by atoms with Gasteiger partial charge < -0.3 is 9.88 Å². The molecule has 4 heterocycles. The first-order valence-electron chi connectivity index (χ1n) is 10.3. The molecule has 8 heteroatoms. The summed E-state index contributed by atoms with van der Waals surface area (Å²) in [6.45, 7) is 0.593. The van der Waals surface area contributed by atoms with E-state index in [2.05, 4.69) is 25.4 Å². The fraction of sp³-hybridized carbons (Fsp3) is 0.318. The molecule has 4 aromatic rings. The normalized spacial score (nSPS) is 19.1. The van der Waals surface area contributed by atoms with Gasteiger partial charge in [-0.1, -0.05) is 6.07 Å². The van der Waals surface area contributed by atoms with E-state index in [9.17, 15) is 4.79 Å². The van der Waals surface area contributed by atoms with E-state index in [0.717, 1.165) is 37.0 Å². The van der Waals surface area contributed by atoms with Gasteiger partial charge in [0.05, 0.1) is 30.2 Å². The third kappa shape index (κ3) is 3.80. The predicted molar refractivity (Wildman–Crippen MR) is 112 cm³/mol. The minimum absolute atomic E-state index is 0.0915. The molecule has 1 aliphatic rings. The molecule has 8 nitrogen and oxygen atoms in total. The lowest BCUT2D eigenvalue weighted by Crippen LogP contribution is -2.38. The number of hydrogen-bond acceptors (Lipinski definition) is 5. The fourth-order valence-electron chi connectivity index (χ4n) is 4.10. The zero-order chi connectivity index (χ0) is 20.3. The molecule has 0 atom stereocenters. The minimum Gasteiger partial charge on any atom is -0.349 e. The van der Waals surface area contributed by atoms with E-state index in [1.54, 1.807) is 18.7 Å². The number of nitrogens with zero attached hydrogens (tertiary/aromatic N) is 6. The maximum Gasteiger partial charge on any atom is 0.253 e. The number of rotatable bonds is 5. The molecule has 0 spiro atoms. The number of fused-ring (bicyclic) bond motifs is 1. The van der Waals surface area contributed by atoms with Crippen LogP contribution in [0.3, 0.4) is 0 Å². The zero-order valence-electron chi connectivity index (χ0n) is 16.6. The van der Waals surface area contributed by atoms with Crippen molar-refractivity contribution in [1.82, 2.24) is 34.6 Å². The van der Waals surface area contributed by atoms with Crippen molar-refractivity contribution in [2.45, 2.75) is 44.3 Å². The van der Waals surface area contributed by atoms with Crippen LogP contribution < -0.4 is 5.32 Å². The smallest absolute Gasteiger partial charge is 0.253 e. The summed E-state index contributed by atoms with van der Waals surface area (Å²) >= 11 is 0. The Balaban J connectivity index is 1.23. The van der Waals surface area contributed by atoms with Crippen LogP contribution in [0.2, 0.25) is 0 Å². The minimum atomic E-state index is -0.0915. The maximum atomic E-state index is 12.8. The van der Waals surface area contributed by atoms with Gasteiger partial charge in [-0.25, -0.2) is 9.97 Å². The standard InChI is InChI=1S/C22H23N7O/c30-22(27-17-5-7-19(8-6-17)29-11-3-10-26-29)16-12-20-21(24-13-16)28(15-25-20)14-18-4-1-2-9-23-18/h1-4,9-13,15,17,19H,5-8,14H2,(H,27,30). The van der Waals surface area contributed by atoms with E-state index in [-0.39, 0.29) is 11.9 Å². The Morgan fingerprint density at radius 1 is 1.07 bits per heavy atom. The molecule has 30 heavy (non-hydrogen) atoms. The summed E-state index contributed by atoms with van der Waals surface area (Å²) in [4.78, 5) is 26.0. The second-order valence-electron chi connectivity index (χ2n) is 7.73. The third-order valence-electron chi connectivity index (χ3n) is 5.71. The summed E-state index contributed by atoms with van der Waals surface area (Å²) < 4.78 is 3.97. The summed E-state index contributed by atoms with van der Waals surface area (Å²) in [6, 6.07) is 10.2. The van der Waals surface area contributed by atoms with Gasteiger partial charge in [0, 0.05) is 30.8 Å². The molecule has 152 valence electrons. The topological polar surface area (TPSA) is 90.5 Å². The van der Waals surface area contributed by atoms with Gasteiger partial charge in [-0.3, -0.25) is 14.5 Å². The summed E-state index contributed by atoms with van der Waals surface area (Å²) in [5, 5.41) is 7.50. The highest BCUT2D eigenvalue weighted by atomic mass is 16.1. The van der Waals surface area contributed by atoms with Gasteiger partial charge in [0.2, 0.25) is 0 Å². The molecule has 0 unspecified atom stereocenters. The number of hydrogen-bond donors (Lipinski definition) is 1. The van der Waals surface area contributed by atoms with Crippen LogP contribution in [0.15, 0.2) is 61.4 Å². The first-order valence-corrected chi connectivity index (χ1v) is 10.3. The number of aromatic nitrogens is 6. The predicted octanol–water partition coefficient (Wildman–Crippen LogP) is 2.98. The molecule has 0 bridgehead atoms. The Bertz CT molecular complexity index is 1130. The number of carbonyl (C=O) groups excluding carboxylic acids is 1. The molecule has 1 N–H and O–H groups in total. The van der Waals surface area contributed by atoms with Crippen LogP contribution >= 0.6 is 0 Å². The van der Waals surface area contributed by atoms with Crippen molar-refractivity contribution in [3.63, 3.8) is 0 Å². The average Bonchev–Trinajstić information content (AvgIpc) is 3.45. The number of nitrogens with one attached hydrogen (secondary N) is 1. The molecular formula is C22H23N7O. The van der Waals surface area contributed by atoms with Crippen molar-refractivity contribution in [1.29, 1.82) is 0 Å². The Morgan fingerprint density at radius 3 is 2.73 bits per heavy atom. The number of amides is 1. The molecule has 4 aromatic heterocycles. The van der Waals surface area contributed by atoms with E-state index < -0.39 is 0 Å². The van der Waals surface area contributed by atoms with Gasteiger partial charge in [0.25, 0.3) is 5.91 Å². The van der Waals surface area contributed by atoms with Crippen molar-refractivity contribution in [3.8, 4) is 0 Å². The highest BCUT2D eigenvalue weighted by Gasteiger charge is 2.24. The Morgan fingerprint density at radius 2 is 1.97 bits per heavy atom. The lowest BCUT2D eigenvalue weighted by Gasteiger charge is -2.29. The van der Waals surface area contributed by atoms with Crippen LogP contribution in [0.4, 0.5) is 0 Å². The summed E-state index contributed by atoms with van der Waals surface area (Å²) in [5.74, 6) is -0.0915. The van der Waals surface area contributed by atoms with E-state index >= 15 is 0 Å². The molecular weight excluding hydrogens is 378 g/mol. The SMILES string of the molecule is O=C(NC1CCC(n2cccn2)CC1)c1cnc2c(c1)ncn2Cc1ccccn1. The van der Waals surface area contributed by atoms with Gasteiger partial charge >= 0.3 is 0 Å². The first-order chi connectivity index (χ1) is 14.8. The van der Waals surface area contributed by atoms with Crippen LogP contribution in [0, 0.1) is 0 Å². The second-order valence-corrected chi connectivity index (χ2v) is 7.73. The molecule has 1 saturated carbocycles. The highest BCUT2D eigenvalue weighted by Crippen LogP contribution is 2.28. The lowest BCUT2D eigenvalue weighted by molar-refractivity contribution is 0.0921. The number of carbonyl (C=O) groups is 1. The molecule has 0 radical (unpaired) electrons. The Labute approximate surface area is 174 Å². The third-order valence-corrected chi connectivity index (χ3v) is 5.71. The molecule has 5 rings (SSSR count). The molecule has 1 aliphatic carbocycles. The zero-order valence-corrected chi connectivity index (χ0v) is 16.6. The van der Waals surface area contributed by atoms with Crippen molar-refractivity contribution in [2.75, 3.05) is 0 Å². The molecule has 1 fully saturated rings. The first kappa shape index (κ1) is 18.5. The van der Waals surface area contributed by atoms with Gasteiger partial charge in [-0.2, -0.15) is 5.10 Å². The Kier molecular flexibility index (Phi) is 4.96. The monoisotopic (exact) mass is 401 g/mol. The second kappa shape index (κ2) is 8.06. The van der Waals surface area contributed by atoms with E-state index in [1.807, 2.05) is 52.0 Å². The van der Waals surface area contributed by atoms with Crippen molar-refractivity contribution < 1.29 is 4.79 Å². The molecule has 1 amide bonds. The number of pyridine rings is 2. The fourth-order valence-corrected chi connectivity index (χ4v) is 4.10. The number of imidazole rings is 1. The van der Waals surface area contributed by atoms with Crippen LogP contribution in [-0.4, -0.2) is 41.2 Å². The Hall–Kier alpha value is -3.55. The van der Waals surface area contributed by atoms with Crippen LogP contribution in [-0.2, 0) is 6.54 Å². The average molecular weight is 401 g/mol. The highest BCUT2D eigenvalue weighted by molar-refractivity contribution is 5.96. The van der Waals surface area contributed by atoms with Crippen LogP contribution in [0.25, 0.3) is 11.2 Å². The van der Waals surface area contributed by atoms with Crippen molar-refractivity contribution in [2.24, 2.45) is 0 Å². The summed E-state index contributed by atoms with van der Waals surface area (Å²) in [6.07, 6.45) is 12.9. The van der Waals surface area contributed by atoms with Crippen molar-refractivity contribution >= 4 is 17.1 Å². The van der Waals surface area contributed by atoms with Gasteiger partial charge in [-0.05, 0) is 49.9 Å². The van der Waals surface area contributed by atoms with Gasteiger partial charge in [-0.15, -0.1) is 0 Å². The van der Waals surface area contributed by atoms with Gasteiger partial charge in [0.15, 0.2) is 5.65 Å².